The van der Waals surface area contributed by atoms with E-state index in [2.05, 4.69) is 10.4 Å². The van der Waals surface area contributed by atoms with Crippen molar-refractivity contribution >= 4 is 28.6 Å². The summed E-state index contributed by atoms with van der Waals surface area (Å²) in [6.45, 7) is 7.05. The van der Waals surface area contributed by atoms with Gasteiger partial charge in [-0.1, -0.05) is 12.1 Å². The van der Waals surface area contributed by atoms with Crippen LogP contribution in [0, 0.1) is 6.92 Å². The number of nitrogens with zero attached hydrogens (tertiary/aromatic N) is 5. The minimum Gasteiger partial charge on any atom is -0.438 e. The summed E-state index contributed by atoms with van der Waals surface area (Å²) >= 11 is 0. The van der Waals surface area contributed by atoms with Gasteiger partial charge in [-0.15, -0.1) is 0 Å². The Kier molecular flexibility index (Phi) is 6.89. The molecule has 2 unspecified atom stereocenters. The number of hydrogen-bond donors (Lipinski definition) is 1. The normalized spacial score (nSPS) is 17.9. The number of fused-ring (bicyclic) bond motifs is 1. The predicted octanol–water partition coefficient (Wildman–Crippen LogP) is 5.35. The predicted molar refractivity (Wildman–Crippen MR) is 139 cm³/mol. The van der Waals surface area contributed by atoms with Gasteiger partial charge in [-0.25, -0.2) is 0 Å². The second-order valence-corrected chi connectivity index (χ2v) is 9.61. The number of amides is 1. The summed E-state index contributed by atoms with van der Waals surface area (Å²) in [6, 6.07) is 9.25. The lowest BCUT2D eigenvalue weighted by molar-refractivity contribution is -0.137. The van der Waals surface area contributed by atoms with Crippen molar-refractivity contribution in [3.8, 4) is 11.6 Å². The Bertz CT molecular complexity index is 1530. The number of hydrogen-bond acceptors (Lipinski definition) is 7. The van der Waals surface area contributed by atoms with E-state index < -0.39 is 17.6 Å². The Labute approximate surface area is 222 Å². The average Bonchev–Trinajstić information content (AvgIpc) is 3.26. The van der Waals surface area contributed by atoms with Crippen molar-refractivity contribution in [1.29, 1.82) is 0 Å². The Morgan fingerprint density at radius 2 is 1.85 bits per heavy atom. The van der Waals surface area contributed by atoms with Gasteiger partial charge in [-0.05, 0) is 50.6 Å². The van der Waals surface area contributed by atoms with Crippen LogP contribution in [0.5, 0.6) is 11.6 Å². The van der Waals surface area contributed by atoms with Crippen LogP contribution < -0.4 is 15.0 Å². The fourth-order valence-corrected chi connectivity index (χ4v) is 4.48. The topological polar surface area (TPSA) is 94.4 Å². The molecule has 1 aliphatic heterocycles. The molecule has 1 N–H and O–H groups in total. The quantitative estimate of drug-likeness (QED) is 0.365. The summed E-state index contributed by atoms with van der Waals surface area (Å²) in [5.74, 6) is 0.509. The molecule has 204 valence electrons. The van der Waals surface area contributed by atoms with Gasteiger partial charge < -0.3 is 19.7 Å². The van der Waals surface area contributed by atoms with E-state index in [4.69, 9.17) is 19.4 Å². The number of ether oxygens (including phenoxy) is 2. The standard InChI is InChI=1S/C27H27F3N6O3/c1-15-8-9-20(32-24(37)18-6-5-7-19(10-18)27(28,29)30)11-22(15)39-25-21-12-31-35(4)23(21)33-26(34-25)36-13-16(2)38-17(3)14-36/h5-12,16-17H,13-14H2,1-4H3,(H,32,37). The van der Waals surface area contributed by atoms with E-state index in [-0.39, 0.29) is 17.8 Å². The molecule has 0 spiro atoms. The van der Waals surface area contributed by atoms with E-state index in [1.54, 1.807) is 36.1 Å². The second kappa shape index (κ2) is 10.2. The molecular formula is C27H27F3N6O3. The first-order valence-electron chi connectivity index (χ1n) is 12.3. The molecule has 3 heterocycles. The molecule has 1 saturated heterocycles. The third-order valence-corrected chi connectivity index (χ3v) is 6.35. The number of anilines is 2. The van der Waals surface area contributed by atoms with Crippen LogP contribution in [-0.4, -0.2) is 51.0 Å². The molecule has 9 nitrogen and oxygen atoms in total. The second-order valence-electron chi connectivity index (χ2n) is 9.61. The van der Waals surface area contributed by atoms with Gasteiger partial charge >= 0.3 is 6.18 Å². The zero-order valence-electron chi connectivity index (χ0n) is 21.8. The van der Waals surface area contributed by atoms with Crippen LogP contribution in [0.15, 0.2) is 48.7 Å². The van der Waals surface area contributed by atoms with Gasteiger partial charge in [0.1, 0.15) is 11.1 Å². The van der Waals surface area contributed by atoms with E-state index in [9.17, 15) is 18.0 Å². The Morgan fingerprint density at radius 1 is 1.10 bits per heavy atom. The summed E-state index contributed by atoms with van der Waals surface area (Å²) in [6.07, 6.45) is -2.92. The molecule has 2 aromatic carbocycles. The lowest BCUT2D eigenvalue weighted by atomic mass is 10.1. The number of alkyl halides is 3. The van der Waals surface area contributed by atoms with Gasteiger partial charge in [0, 0.05) is 37.5 Å². The van der Waals surface area contributed by atoms with E-state index >= 15 is 0 Å². The number of halogens is 3. The summed E-state index contributed by atoms with van der Waals surface area (Å²) < 4.78 is 53.0. The maximum atomic E-state index is 13.1. The highest BCUT2D eigenvalue weighted by molar-refractivity contribution is 6.04. The third kappa shape index (κ3) is 5.65. The molecule has 1 amide bonds. The first-order valence-corrected chi connectivity index (χ1v) is 12.3. The van der Waals surface area contributed by atoms with Gasteiger partial charge in [0.2, 0.25) is 11.8 Å². The number of nitrogens with one attached hydrogen (secondary N) is 1. The van der Waals surface area contributed by atoms with E-state index in [0.717, 1.165) is 17.7 Å². The minimum atomic E-state index is -4.55. The highest BCUT2D eigenvalue weighted by Crippen LogP contribution is 2.34. The van der Waals surface area contributed by atoms with Crippen molar-refractivity contribution in [1.82, 2.24) is 19.7 Å². The Balaban J connectivity index is 1.44. The molecule has 1 fully saturated rings. The van der Waals surface area contributed by atoms with Crippen LogP contribution in [0.4, 0.5) is 24.8 Å². The van der Waals surface area contributed by atoms with Crippen molar-refractivity contribution in [2.45, 2.75) is 39.2 Å². The number of carbonyl (C=O) groups excluding carboxylic acids is 1. The number of benzene rings is 2. The van der Waals surface area contributed by atoms with Gasteiger partial charge in [-0.2, -0.15) is 28.2 Å². The van der Waals surface area contributed by atoms with Crippen LogP contribution in [0.1, 0.15) is 35.3 Å². The lowest BCUT2D eigenvalue weighted by Crippen LogP contribution is -2.46. The number of carbonyl (C=O) groups is 1. The molecular weight excluding hydrogens is 513 g/mol. The first kappa shape index (κ1) is 26.4. The molecule has 0 radical (unpaired) electrons. The molecule has 0 aliphatic carbocycles. The highest BCUT2D eigenvalue weighted by Gasteiger charge is 2.31. The summed E-state index contributed by atoms with van der Waals surface area (Å²) in [5.41, 5.74) is 0.698. The first-order chi connectivity index (χ1) is 18.5. The number of rotatable bonds is 5. The fourth-order valence-electron chi connectivity index (χ4n) is 4.48. The zero-order valence-corrected chi connectivity index (χ0v) is 21.8. The smallest absolute Gasteiger partial charge is 0.416 e. The van der Waals surface area contributed by atoms with Crippen LogP contribution in [0.2, 0.25) is 0 Å². The summed E-state index contributed by atoms with van der Waals surface area (Å²) in [7, 11) is 1.78. The van der Waals surface area contributed by atoms with E-state index in [1.807, 2.05) is 25.7 Å². The Hall–Kier alpha value is -4.19. The van der Waals surface area contributed by atoms with Crippen molar-refractivity contribution in [3.05, 3.63) is 65.4 Å². The number of morpholine rings is 1. The Morgan fingerprint density at radius 3 is 2.56 bits per heavy atom. The summed E-state index contributed by atoms with van der Waals surface area (Å²) in [4.78, 5) is 24.2. The molecule has 39 heavy (non-hydrogen) atoms. The number of aryl methyl sites for hydroxylation is 2. The van der Waals surface area contributed by atoms with Crippen molar-refractivity contribution < 1.29 is 27.4 Å². The van der Waals surface area contributed by atoms with Gasteiger partial charge in [-0.3, -0.25) is 9.48 Å². The molecule has 12 heteroatoms. The minimum absolute atomic E-state index is 0.00307. The molecule has 2 atom stereocenters. The fraction of sp³-hybridized carbons (Fsp3) is 0.333. The van der Waals surface area contributed by atoms with Crippen LogP contribution in [-0.2, 0) is 18.0 Å². The maximum Gasteiger partial charge on any atom is 0.416 e. The average molecular weight is 541 g/mol. The van der Waals surface area contributed by atoms with Crippen molar-refractivity contribution in [3.63, 3.8) is 0 Å². The van der Waals surface area contributed by atoms with Gasteiger partial charge in [0.15, 0.2) is 5.65 Å². The van der Waals surface area contributed by atoms with E-state index in [1.165, 1.54) is 12.1 Å². The molecule has 4 aromatic rings. The highest BCUT2D eigenvalue weighted by atomic mass is 19.4. The largest absolute Gasteiger partial charge is 0.438 e. The molecule has 0 saturated carbocycles. The van der Waals surface area contributed by atoms with Crippen molar-refractivity contribution in [2.24, 2.45) is 7.05 Å². The van der Waals surface area contributed by atoms with Crippen molar-refractivity contribution in [2.75, 3.05) is 23.3 Å². The molecule has 2 aromatic heterocycles. The van der Waals surface area contributed by atoms with Crippen LogP contribution >= 0.6 is 0 Å². The van der Waals surface area contributed by atoms with Gasteiger partial charge in [0.05, 0.1) is 24.0 Å². The third-order valence-electron chi connectivity index (χ3n) is 6.35. The SMILES string of the molecule is Cc1ccc(NC(=O)c2cccc(C(F)(F)F)c2)cc1Oc1nc(N2CC(C)OC(C)C2)nc2c1cnn2C. The number of aromatic nitrogens is 4. The van der Waals surface area contributed by atoms with Crippen LogP contribution in [0.25, 0.3) is 11.0 Å². The zero-order chi connectivity index (χ0) is 27.9. The molecule has 5 rings (SSSR count). The van der Waals surface area contributed by atoms with E-state index in [0.29, 0.717) is 47.4 Å². The lowest BCUT2D eigenvalue weighted by Gasteiger charge is -2.35. The monoisotopic (exact) mass is 540 g/mol. The molecule has 0 bridgehead atoms. The maximum absolute atomic E-state index is 13.1. The summed E-state index contributed by atoms with van der Waals surface area (Å²) in [5, 5.41) is 7.56. The van der Waals surface area contributed by atoms with Crippen LogP contribution in [0.3, 0.4) is 0 Å². The van der Waals surface area contributed by atoms with Gasteiger partial charge in [0.25, 0.3) is 5.91 Å². The molecule has 1 aliphatic rings.